The lowest BCUT2D eigenvalue weighted by atomic mass is 9.98. The molecule has 1 aliphatic rings. The van der Waals surface area contributed by atoms with Crippen LogP contribution in [0.1, 0.15) is 38.2 Å². The first-order valence-electron chi connectivity index (χ1n) is 11.1. The standard InChI is InChI=1S/C23H28N6O3S/c1-14(2)15-6-8-17(9-7-15)26-18(30)12-29-13-25-20-19(22(29)32)33-23(27-20)28-10-4-5-16(11-28)21(31)24-3/h6-9,13-14,16H,4-5,10-12H2,1-3H3,(H,24,31)(H,26,30)/t16-/m1/s1. The molecule has 0 radical (unpaired) electrons. The summed E-state index contributed by atoms with van der Waals surface area (Å²) >= 11 is 1.26. The molecule has 174 valence electrons. The summed E-state index contributed by atoms with van der Waals surface area (Å²) in [6.45, 7) is 5.42. The number of carbonyl (C=O) groups is 2. The number of carbonyl (C=O) groups excluding carboxylic acids is 2. The van der Waals surface area contributed by atoms with Crippen molar-refractivity contribution in [3.05, 3.63) is 46.5 Å². The topological polar surface area (TPSA) is 109 Å². The largest absolute Gasteiger partial charge is 0.359 e. The molecule has 2 aromatic heterocycles. The van der Waals surface area contributed by atoms with Gasteiger partial charge in [-0.15, -0.1) is 0 Å². The highest BCUT2D eigenvalue weighted by Crippen LogP contribution is 2.29. The average molecular weight is 469 g/mol. The van der Waals surface area contributed by atoms with Crippen molar-refractivity contribution in [3.63, 3.8) is 0 Å². The van der Waals surface area contributed by atoms with Gasteiger partial charge in [0.15, 0.2) is 10.8 Å². The number of fused-ring (bicyclic) bond motifs is 1. The Kier molecular flexibility index (Phi) is 6.73. The maximum atomic E-state index is 13.0. The Morgan fingerprint density at radius 2 is 2.00 bits per heavy atom. The van der Waals surface area contributed by atoms with Crippen LogP contribution < -0.4 is 21.1 Å². The number of nitrogens with one attached hydrogen (secondary N) is 2. The fraction of sp³-hybridized carbons (Fsp3) is 0.435. The molecule has 1 saturated heterocycles. The smallest absolute Gasteiger partial charge is 0.273 e. The zero-order valence-electron chi connectivity index (χ0n) is 19.0. The number of amides is 2. The summed E-state index contributed by atoms with van der Waals surface area (Å²) in [7, 11) is 1.64. The molecule has 0 spiro atoms. The predicted octanol–water partition coefficient (Wildman–Crippen LogP) is 2.58. The first-order valence-corrected chi connectivity index (χ1v) is 11.9. The maximum Gasteiger partial charge on any atom is 0.273 e. The van der Waals surface area contributed by atoms with Crippen molar-refractivity contribution >= 4 is 44.3 Å². The van der Waals surface area contributed by atoms with Gasteiger partial charge in [-0.1, -0.05) is 37.3 Å². The molecule has 2 N–H and O–H groups in total. The summed E-state index contributed by atoms with van der Waals surface area (Å²) in [5, 5.41) is 6.21. The normalized spacial score (nSPS) is 16.2. The minimum absolute atomic E-state index is 0.0196. The van der Waals surface area contributed by atoms with Gasteiger partial charge in [0.1, 0.15) is 17.6 Å². The Hall–Kier alpha value is -3.27. The van der Waals surface area contributed by atoms with E-state index in [1.807, 2.05) is 29.2 Å². The molecule has 0 unspecified atom stereocenters. The van der Waals surface area contributed by atoms with E-state index in [4.69, 9.17) is 0 Å². The summed E-state index contributed by atoms with van der Waals surface area (Å²) in [4.78, 5) is 48.4. The second kappa shape index (κ2) is 9.70. The van der Waals surface area contributed by atoms with Gasteiger partial charge in [0.25, 0.3) is 5.56 Å². The number of thiazole rings is 1. The van der Waals surface area contributed by atoms with E-state index in [2.05, 4.69) is 34.4 Å². The highest BCUT2D eigenvalue weighted by molar-refractivity contribution is 7.22. The molecule has 2 amide bonds. The van der Waals surface area contributed by atoms with E-state index >= 15 is 0 Å². The molecule has 10 heteroatoms. The van der Waals surface area contributed by atoms with Crippen LogP contribution >= 0.6 is 11.3 Å². The van der Waals surface area contributed by atoms with Gasteiger partial charge in [0.2, 0.25) is 11.8 Å². The van der Waals surface area contributed by atoms with Gasteiger partial charge in [-0.3, -0.25) is 19.0 Å². The van der Waals surface area contributed by atoms with Crippen LogP contribution in [0.3, 0.4) is 0 Å². The van der Waals surface area contributed by atoms with Crippen LogP contribution in [0.15, 0.2) is 35.4 Å². The third-order valence-electron chi connectivity index (χ3n) is 5.86. The van der Waals surface area contributed by atoms with E-state index in [1.165, 1.54) is 27.8 Å². The summed E-state index contributed by atoms with van der Waals surface area (Å²) in [5.41, 5.74) is 1.94. The minimum atomic E-state index is -0.301. The van der Waals surface area contributed by atoms with Crippen molar-refractivity contribution in [1.29, 1.82) is 0 Å². The molecule has 9 nitrogen and oxygen atoms in total. The summed E-state index contributed by atoms with van der Waals surface area (Å²) < 4.78 is 1.70. The Labute approximate surface area is 195 Å². The van der Waals surface area contributed by atoms with Crippen LogP contribution in [0.2, 0.25) is 0 Å². The first kappa shape index (κ1) is 22.9. The van der Waals surface area contributed by atoms with Gasteiger partial charge in [-0.25, -0.2) is 4.98 Å². The number of rotatable bonds is 6. The monoisotopic (exact) mass is 468 g/mol. The van der Waals surface area contributed by atoms with E-state index in [-0.39, 0.29) is 29.8 Å². The molecular formula is C23H28N6O3S. The lowest BCUT2D eigenvalue weighted by molar-refractivity contribution is -0.124. The number of nitrogens with zero attached hydrogens (tertiary/aromatic N) is 4. The highest BCUT2D eigenvalue weighted by atomic mass is 32.1. The lowest BCUT2D eigenvalue weighted by Crippen LogP contribution is -2.42. The molecule has 3 aromatic rings. The summed E-state index contributed by atoms with van der Waals surface area (Å²) in [5.74, 6) is 0.0320. The van der Waals surface area contributed by atoms with Crippen molar-refractivity contribution in [3.8, 4) is 0 Å². The number of benzene rings is 1. The van der Waals surface area contributed by atoms with Crippen LogP contribution in [-0.2, 0) is 16.1 Å². The van der Waals surface area contributed by atoms with E-state index in [0.29, 0.717) is 33.6 Å². The average Bonchev–Trinajstić information content (AvgIpc) is 3.26. The summed E-state index contributed by atoms with van der Waals surface area (Å²) in [6, 6.07) is 7.68. The molecule has 1 fully saturated rings. The minimum Gasteiger partial charge on any atom is -0.359 e. The van der Waals surface area contributed by atoms with E-state index < -0.39 is 0 Å². The number of aromatic nitrogens is 3. The fourth-order valence-electron chi connectivity index (χ4n) is 3.96. The highest BCUT2D eigenvalue weighted by Gasteiger charge is 2.27. The molecule has 0 aliphatic carbocycles. The summed E-state index contributed by atoms with van der Waals surface area (Å²) in [6.07, 6.45) is 3.07. The van der Waals surface area contributed by atoms with Gasteiger partial charge in [-0.2, -0.15) is 4.98 Å². The van der Waals surface area contributed by atoms with E-state index in [0.717, 1.165) is 19.4 Å². The maximum absolute atomic E-state index is 13.0. The zero-order valence-corrected chi connectivity index (χ0v) is 19.8. The number of anilines is 2. The van der Waals surface area contributed by atoms with Crippen LogP contribution in [0.25, 0.3) is 10.3 Å². The second-order valence-corrected chi connectivity index (χ2v) is 9.53. The van der Waals surface area contributed by atoms with Crippen molar-refractivity contribution in [2.24, 2.45) is 5.92 Å². The molecule has 33 heavy (non-hydrogen) atoms. The van der Waals surface area contributed by atoms with Gasteiger partial charge < -0.3 is 15.5 Å². The molecule has 4 rings (SSSR count). The third kappa shape index (κ3) is 5.05. The third-order valence-corrected chi connectivity index (χ3v) is 6.95. The lowest BCUT2D eigenvalue weighted by Gasteiger charge is -2.31. The van der Waals surface area contributed by atoms with Crippen LogP contribution in [0, 0.1) is 5.92 Å². The molecule has 1 aliphatic heterocycles. The van der Waals surface area contributed by atoms with Crippen molar-refractivity contribution in [2.75, 3.05) is 30.4 Å². The van der Waals surface area contributed by atoms with Gasteiger partial charge in [0, 0.05) is 25.8 Å². The number of hydrogen-bond acceptors (Lipinski definition) is 7. The molecule has 0 saturated carbocycles. The van der Waals surface area contributed by atoms with Gasteiger partial charge in [-0.05, 0) is 36.5 Å². The van der Waals surface area contributed by atoms with E-state index in [9.17, 15) is 14.4 Å². The quantitative estimate of drug-likeness (QED) is 0.576. The van der Waals surface area contributed by atoms with Gasteiger partial charge in [0.05, 0.1) is 5.92 Å². The zero-order chi connectivity index (χ0) is 23.5. The Bertz CT molecular complexity index is 1220. The molecule has 1 atom stereocenters. The Morgan fingerprint density at radius 3 is 2.70 bits per heavy atom. The van der Waals surface area contributed by atoms with Crippen LogP contribution in [0.4, 0.5) is 10.8 Å². The molecular weight excluding hydrogens is 440 g/mol. The van der Waals surface area contributed by atoms with E-state index in [1.54, 1.807) is 7.05 Å². The van der Waals surface area contributed by atoms with Crippen LogP contribution in [-0.4, -0.2) is 46.5 Å². The molecule has 3 heterocycles. The Balaban J connectivity index is 1.48. The predicted molar refractivity (Wildman–Crippen MR) is 130 cm³/mol. The molecule has 0 bridgehead atoms. The number of piperidine rings is 1. The van der Waals surface area contributed by atoms with Crippen molar-refractivity contribution < 1.29 is 9.59 Å². The van der Waals surface area contributed by atoms with Crippen molar-refractivity contribution in [2.45, 2.75) is 39.2 Å². The van der Waals surface area contributed by atoms with Crippen molar-refractivity contribution in [1.82, 2.24) is 19.9 Å². The first-order chi connectivity index (χ1) is 15.9. The second-order valence-electron chi connectivity index (χ2n) is 8.55. The SMILES string of the molecule is CNC(=O)[C@@H]1CCCN(c2nc3ncn(CC(=O)Nc4ccc(C(C)C)cc4)c(=O)c3s2)C1. The molecule has 1 aromatic carbocycles. The van der Waals surface area contributed by atoms with Gasteiger partial charge >= 0.3 is 0 Å². The number of hydrogen-bond donors (Lipinski definition) is 2. The van der Waals surface area contributed by atoms with Crippen LogP contribution in [0.5, 0.6) is 0 Å². The Morgan fingerprint density at radius 1 is 1.24 bits per heavy atom. The fourth-order valence-corrected chi connectivity index (χ4v) is 4.96.